The number of aromatic amines is 4. The molecule has 0 radical (unpaired) electrons. The van der Waals surface area contributed by atoms with Gasteiger partial charge in [-0.3, -0.25) is 0 Å². The van der Waals surface area contributed by atoms with E-state index in [9.17, 15) is 0 Å². The average molecular weight is 426 g/mol. The maximum atomic E-state index is 3.38. The van der Waals surface area contributed by atoms with Gasteiger partial charge in [-0.25, -0.2) is 0 Å². The first-order valence-corrected chi connectivity index (χ1v) is 4.65. The molecule has 0 aliphatic carbocycles. The lowest BCUT2D eigenvalue weighted by atomic mass is 11.4. The summed E-state index contributed by atoms with van der Waals surface area (Å²) in [6, 6.07) is 0. The Hall–Kier alpha value is -2.56. The smallest absolute Gasteiger partial charge is 0.161 e. The third-order valence-corrected chi connectivity index (χ3v) is 1.08. The van der Waals surface area contributed by atoms with E-state index in [1.54, 1.807) is 0 Å². The van der Waals surface area contributed by atoms with Crippen molar-refractivity contribution in [2.45, 2.75) is 0 Å². The van der Waals surface area contributed by atoms with Crippen LogP contribution in [0.25, 0.3) is 0 Å². The van der Waals surface area contributed by atoms with E-state index in [4.69, 9.17) is 0 Å². The van der Waals surface area contributed by atoms with Gasteiger partial charge in [-0.15, -0.1) is 90.4 Å². The Bertz CT molecular complexity index is 361. The molecule has 0 bridgehead atoms. The van der Waals surface area contributed by atoms with Crippen LogP contribution in [0, 0.1) is 0 Å². The van der Waals surface area contributed by atoms with E-state index in [0.717, 1.165) is 0 Å². The number of rotatable bonds is 0. The molecule has 0 spiro atoms. The molecule has 16 nitrogen and oxygen atoms in total. The number of halogens is 4. The Morgan fingerprint density at radius 2 is 0.583 bits per heavy atom. The quantitative estimate of drug-likeness (QED) is 0.252. The van der Waals surface area contributed by atoms with Gasteiger partial charge in [-0.1, -0.05) is 20.9 Å². The molecule has 0 fully saturated rings. The normalized spacial score (nSPS) is 6.67. The van der Waals surface area contributed by atoms with E-state index in [0.29, 0.717) is 0 Å². The molecule has 0 aliphatic rings. The van der Waals surface area contributed by atoms with Gasteiger partial charge in [0.05, 0.1) is 0 Å². The molecule has 24 heavy (non-hydrogen) atoms. The van der Waals surface area contributed by atoms with E-state index in [1.807, 2.05) is 0 Å². The second-order valence-electron chi connectivity index (χ2n) is 2.24. The van der Waals surface area contributed by atoms with Crippen molar-refractivity contribution in [2.24, 2.45) is 0 Å². The van der Waals surface area contributed by atoms with Crippen molar-refractivity contribution in [1.82, 2.24) is 82.5 Å². The SMILES string of the molecule is Cl.Cl.Cl.Cl.c1nn[nH]n1.c1nn[nH]n1.c1nn[nH]n1.c1nn[nH]n1. The average Bonchev–Trinajstić information content (AvgIpc) is 3.40. The maximum Gasteiger partial charge on any atom is 0.161 e. The highest BCUT2D eigenvalue weighted by Gasteiger charge is 1.59. The fraction of sp³-hybridized carbons (Fsp3) is 0. The zero-order valence-corrected chi connectivity index (χ0v) is 14.6. The minimum absolute atomic E-state index is 0. The van der Waals surface area contributed by atoms with Gasteiger partial charge in [0.25, 0.3) is 0 Å². The molecule has 0 aliphatic heterocycles. The summed E-state index contributed by atoms with van der Waals surface area (Å²) in [4.78, 5) is 0. The summed E-state index contributed by atoms with van der Waals surface area (Å²) in [6.45, 7) is 0. The first-order chi connectivity index (χ1) is 10.0. The van der Waals surface area contributed by atoms with Gasteiger partial charge in [0.15, 0.2) is 25.3 Å². The van der Waals surface area contributed by atoms with E-state index >= 15 is 0 Å². The van der Waals surface area contributed by atoms with Crippen LogP contribution in [0.3, 0.4) is 0 Å². The van der Waals surface area contributed by atoms with Crippen LogP contribution in [0.4, 0.5) is 0 Å². The van der Waals surface area contributed by atoms with Crippen LogP contribution in [-0.2, 0) is 0 Å². The lowest BCUT2D eigenvalue weighted by Gasteiger charge is -1.44. The monoisotopic (exact) mass is 424 g/mol. The molecule has 4 N–H and O–H groups in total. The molecule has 20 heteroatoms. The second kappa shape index (κ2) is 25.4. The molecule has 4 aromatic heterocycles. The molecule has 0 saturated carbocycles. The fourth-order valence-electron chi connectivity index (χ4n) is 0.516. The minimum Gasteiger partial charge on any atom is -0.177 e. The number of H-pyrrole nitrogens is 4. The van der Waals surface area contributed by atoms with Crippen molar-refractivity contribution < 1.29 is 0 Å². The van der Waals surface area contributed by atoms with Crippen LogP contribution in [0.1, 0.15) is 0 Å². The molecular weight excluding hydrogens is 414 g/mol. The molecule has 0 saturated heterocycles. The van der Waals surface area contributed by atoms with Gasteiger partial charge in [0.2, 0.25) is 0 Å². The summed E-state index contributed by atoms with van der Waals surface area (Å²) < 4.78 is 0. The number of hydrogen-bond donors (Lipinski definition) is 4. The van der Waals surface area contributed by atoms with Crippen molar-refractivity contribution in [1.29, 1.82) is 0 Å². The van der Waals surface area contributed by atoms with Crippen molar-refractivity contribution in [3.05, 3.63) is 25.3 Å². The van der Waals surface area contributed by atoms with Crippen molar-refractivity contribution in [3.63, 3.8) is 0 Å². The van der Waals surface area contributed by atoms with Crippen LogP contribution in [0.15, 0.2) is 25.3 Å². The summed E-state index contributed by atoms with van der Waals surface area (Å²) in [6.07, 6.45) is 5.33. The zero-order chi connectivity index (χ0) is 14.1. The highest BCUT2D eigenvalue weighted by molar-refractivity contribution is 5.86. The first-order valence-electron chi connectivity index (χ1n) is 4.65. The second-order valence-corrected chi connectivity index (χ2v) is 2.24. The molecule has 136 valence electrons. The van der Waals surface area contributed by atoms with Crippen molar-refractivity contribution in [2.75, 3.05) is 0 Å². The molecule has 0 aromatic carbocycles. The Morgan fingerprint density at radius 1 is 0.375 bits per heavy atom. The lowest BCUT2D eigenvalue weighted by Crippen LogP contribution is -1.64. The predicted octanol–water partition coefficient (Wildman–Crippen LogP) is -1.51. The summed E-state index contributed by atoms with van der Waals surface area (Å²) in [5.41, 5.74) is 0. The van der Waals surface area contributed by atoms with E-state index in [1.165, 1.54) is 25.3 Å². The van der Waals surface area contributed by atoms with Gasteiger partial charge in [0, 0.05) is 0 Å². The first kappa shape index (κ1) is 29.5. The van der Waals surface area contributed by atoms with Crippen LogP contribution < -0.4 is 0 Å². The highest BCUT2D eigenvalue weighted by atomic mass is 35.5. The van der Waals surface area contributed by atoms with Gasteiger partial charge < -0.3 is 0 Å². The Morgan fingerprint density at radius 3 is 0.625 bits per heavy atom. The van der Waals surface area contributed by atoms with Gasteiger partial charge >= 0.3 is 0 Å². The Balaban J connectivity index is -0.000000105. The molecular formula is C4H12Cl4N16. The molecule has 0 amide bonds. The van der Waals surface area contributed by atoms with Crippen LogP contribution in [0.2, 0.25) is 0 Å². The Labute approximate surface area is 157 Å². The summed E-state index contributed by atoms with van der Waals surface area (Å²) in [5, 5.41) is 48.7. The van der Waals surface area contributed by atoms with Crippen LogP contribution >= 0.6 is 49.6 Å². The number of tetrazole rings is 4. The Kier molecular flexibility index (Phi) is 31.2. The predicted molar refractivity (Wildman–Crippen MR) is 85.7 cm³/mol. The molecule has 4 rings (SSSR count). The molecule has 4 heterocycles. The number of nitrogens with zero attached hydrogens (tertiary/aromatic N) is 12. The largest absolute Gasteiger partial charge is 0.177 e. The lowest BCUT2D eigenvalue weighted by molar-refractivity contribution is 0.881. The summed E-state index contributed by atoms with van der Waals surface area (Å²) in [7, 11) is 0. The standard InChI is InChI=1S/4CH2N4.4ClH/c4*1-2-4-5-3-1;;;;/h4*1H,(H,2,3,4,5);4*1H. The van der Waals surface area contributed by atoms with E-state index in [-0.39, 0.29) is 49.6 Å². The van der Waals surface area contributed by atoms with E-state index in [2.05, 4.69) is 82.5 Å². The van der Waals surface area contributed by atoms with Gasteiger partial charge in [-0.05, 0) is 0 Å². The number of aromatic nitrogens is 16. The number of nitrogens with one attached hydrogen (secondary N) is 4. The minimum atomic E-state index is 0. The fourth-order valence-corrected chi connectivity index (χ4v) is 0.516. The topological polar surface area (TPSA) is 218 Å². The molecule has 0 atom stereocenters. The summed E-state index contributed by atoms with van der Waals surface area (Å²) in [5.74, 6) is 0. The van der Waals surface area contributed by atoms with Crippen molar-refractivity contribution in [3.8, 4) is 0 Å². The maximum absolute atomic E-state index is 3.38. The van der Waals surface area contributed by atoms with Crippen LogP contribution in [0.5, 0.6) is 0 Å². The highest BCUT2D eigenvalue weighted by Crippen LogP contribution is 1.45. The van der Waals surface area contributed by atoms with Gasteiger partial charge in [0.1, 0.15) is 0 Å². The summed E-state index contributed by atoms with van der Waals surface area (Å²) >= 11 is 0. The molecule has 4 aromatic rings. The van der Waals surface area contributed by atoms with Gasteiger partial charge in [-0.2, -0.15) is 20.9 Å². The number of hydrogen-bond acceptors (Lipinski definition) is 12. The zero-order valence-electron chi connectivity index (χ0n) is 11.3. The van der Waals surface area contributed by atoms with Crippen LogP contribution in [-0.4, -0.2) is 82.5 Å². The third-order valence-electron chi connectivity index (χ3n) is 1.08. The van der Waals surface area contributed by atoms with Crippen molar-refractivity contribution >= 4 is 49.6 Å². The van der Waals surface area contributed by atoms with E-state index < -0.39 is 0 Å². The third kappa shape index (κ3) is 21.7. The molecule has 0 unspecified atom stereocenters.